The van der Waals surface area contributed by atoms with E-state index in [1.54, 1.807) is 0 Å². The highest BCUT2D eigenvalue weighted by atomic mass is 35.5. The van der Waals surface area contributed by atoms with Crippen LogP contribution in [0, 0.1) is 5.92 Å². The van der Waals surface area contributed by atoms with Crippen LogP contribution in [0.15, 0.2) is 34.9 Å². The lowest BCUT2D eigenvalue weighted by Gasteiger charge is -2.24. The minimum Gasteiger partial charge on any atom is -0.485 e. The maximum atomic E-state index is 5.66. The first kappa shape index (κ1) is 16.3. The first-order valence-corrected chi connectivity index (χ1v) is 8.15. The second kappa shape index (κ2) is 7.32. The van der Waals surface area contributed by atoms with Crippen LogP contribution >= 0.6 is 12.4 Å². The Morgan fingerprint density at radius 3 is 2.83 bits per heavy atom. The van der Waals surface area contributed by atoms with Crippen molar-refractivity contribution in [2.75, 3.05) is 0 Å². The number of ether oxygens (including phenoxy) is 1. The molecule has 3 atom stereocenters. The molecular weight excluding hydrogens is 314 g/mol. The van der Waals surface area contributed by atoms with Gasteiger partial charge < -0.3 is 14.6 Å². The fourth-order valence-corrected chi connectivity index (χ4v) is 3.64. The van der Waals surface area contributed by atoms with Gasteiger partial charge in [0.2, 0.25) is 11.7 Å². The van der Waals surface area contributed by atoms with Crippen molar-refractivity contribution in [2.45, 2.75) is 50.8 Å². The Kier molecular flexibility index (Phi) is 5.18. The van der Waals surface area contributed by atoms with Crippen molar-refractivity contribution in [1.82, 2.24) is 15.5 Å². The molecule has 1 aromatic carbocycles. The molecular formula is C17H22ClN3O2. The van der Waals surface area contributed by atoms with Gasteiger partial charge in [-0.2, -0.15) is 4.98 Å². The summed E-state index contributed by atoms with van der Waals surface area (Å²) in [5, 5.41) is 7.70. The first-order chi connectivity index (χ1) is 10.9. The van der Waals surface area contributed by atoms with Gasteiger partial charge in [0.05, 0.1) is 6.04 Å². The van der Waals surface area contributed by atoms with Crippen molar-refractivity contribution >= 4 is 12.4 Å². The Hall–Kier alpha value is -1.59. The van der Waals surface area contributed by atoms with Gasteiger partial charge in [-0.15, -0.1) is 12.4 Å². The molecule has 1 saturated heterocycles. The van der Waals surface area contributed by atoms with Crippen molar-refractivity contribution in [2.24, 2.45) is 5.92 Å². The topological polar surface area (TPSA) is 60.2 Å². The summed E-state index contributed by atoms with van der Waals surface area (Å²) in [5.41, 5.74) is 0. The zero-order valence-corrected chi connectivity index (χ0v) is 13.8. The van der Waals surface area contributed by atoms with Crippen LogP contribution in [0.25, 0.3) is 0 Å². The molecule has 5 nitrogen and oxygen atoms in total. The lowest BCUT2D eigenvalue weighted by molar-refractivity contribution is 0.282. The van der Waals surface area contributed by atoms with Crippen molar-refractivity contribution in [3.63, 3.8) is 0 Å². The third-order valence-electron chi connectivity index (χ3n) is 4.76. The Morgan fingerprint density at radius 2 is 2.00 bits per heavy atom. The molecule has 1 aliphatic carbocycles. The fourth-order valence-electron chi connectivity index (χ4n) is 3.64. The van der Waals surface area contributed by atoms with E-state index in [-0.39, 0.29) is 18.4 Å². The number of aromatic nitrogens is 2. The summed E-state index contributed by atoms with van der Waals surface area (Å²) in [6, 6.07) is 10.5. The highest BCUT2D eigenvalue weighted by Gasteiger charge is 2.38. The van der Waals surface area contributed by atoms with Crippen LogP contribution in [-0.4, -0.2) is 16.2 Å². The maximum Gasteiger partial charge on any atom is 0.243 e. The monoisotopic (exact) mass is 335 g/mol. The van der Waals surface area contributed by atoms with Crippen molar-refractivity contribution < 1.29 is 9.26 Å². The molecule has 2 aromatic rings. The molecule has 23 heavy (non-hydrogen) atoms. The quantitative estimate of drug-likeness (QED) is 0.923. The zero-order valence-electron chi connectivity index (χ0n) is 13.0. The number of fused-ring (bicyclic) bond motifs is 1. The fraction of sp³-hybridized carbons (Fsp3) is 0.529. The number of nitrogens with zero attached hydrogens (tertiary/aromatic N) is 2. The summed E-state index contributed by atoms with van der Waals surface area (Å²) in [6.07, 6.45) is 6.41. The molecule has 124 valence electrons. The molecule has 4 rings (SSSR count). The molecule has 2 heterocycles. The molecule has 6 heteroatoms. The molecule has 2 aliphatic rings. The molecule has 3 unspecified atom stereocenters. The first-order valence-electron chi connectivity index (χ1n) is 8.15. The van der Waals surface area contributed by atoms with Gasteiger partial charge in [0.1, 0.15) is 5.75 Å². The number of benzene rings is 1. The van der Waals surface area contributed by atoms with Crippen LogP contribution in [0.1, 0.15) is 49.9 Å². The summed E-state index contributed by atoms with van der Waals surface area (Å²) in [5.74, 6) is 2.91. The SMILES string of the molecule is Cl.c1ccc(OCc2noc(C3CC4CCCCC4N3)n2)cc1. The van der Waals surface area contributed by atoms with E-state index in [0.717, 1.165) is 18.1 Å². The van der Waals surface area contributed by atoms with Crippen LogP contribution in [0.3, 0.4) is 0 Å². The van der Waals surface area contributed by atoms with E-state index in [1.165, 1.54) is 25.7 Å². The predicted octanol–water partition coefficient (Wildman–Crippen LogP) is 3.66. The van der Waals surface area contributed by atoms with Crippen LogP contribution in [-0.2, 0) is 6.61 Å². The Bertz CT molecular complexity index is 605. The van der Waals surface area contributed by atoms with E-state index in [9.17, 15) is 0 Å². The highest BCUT2D eigenvalue weighted by Crippen LogP contribution is 2.38. The Morgan fingerprint density at radius 1 is 1.17 bits per heavy atom. The van der Waals surface area contributed by atoms with E-state index in [4.69, 9.17) is 9.26 Å². The molecule has 1 aromatic heterocycles. The second-order valence-electron chi connectivity index (χ2n) is 6.26. The Balaban J connectivity index is 0.00000156. The summed E-state index contributed by atoms with van der Waals surface area (Å²) < 4.78 is 11.1. The van der Waals surface area contributed by atoms with Gasteiger partial charge in [-0.05, 0) is 37.3 Å². The number of rotatable bonds is 4. The molecule has 1 aliphatic heterocycles. The Labute approximate surface area is 142 Å². The maximum absolute atomic E-state index is 5.66. The number of hydrogen-bond donors (Lipinski definition) is 1. The van der Waals surface area contributed by atoms with E-state index < -0.39 is 0 Å². The molecule has 1 N–H and O–H groups in total. The standard InChI is InChI=1S/C17H21N3O2.ClH/c1-2-7-13(8-3-1)21-11-16-19-17(22-20-16)15-10-12-6-4-5-9-14(12)18-15;/h1-3,7-8,12,14-15,18H,4-6,9-11H2;1H. The van der Waals surface area contributed by atoms with Gasteiger partial charge in [0.25, 0.3) is 0 Å². The summed E-state index contributed by atoms with van der Waals surface area (Å²) in [7, 11) is 0. The normalized spacial score (nSPS) is 26.3. The van der Waals surface area contributed by atoms with Gasteiger partial charge in [-0.3, -0.25) is 0 Å². The van der Waals surface area contributed by atoms with Crippen molar-refractivity contribution in [3.05, 3.63) is 42.0 Å². The number of para-hydroxylation sites is 1. The predicted molar refractivity (Wildman–Crippen MR) is 88.6 cm³/mol. The van der Waals surface area contributed by atoms with Gasteiger partial charge in [0, 0.05) is 6.04 Å². The van der Waals surface area contributed by atoms with E-state index in [2.05, 4.69) is 15.5 Å². The molecule has 0 radical (unpaired) electrons. The van der Waals surface area contributed by atoms with Gasteiger partial charge in [-0.1, -0.05) is 36.2 Å². The lowest BCUT2D eigenvalue weighted by Crippen LogP contribution is -2.30. The van der Waals surface area contributed by atoms with Crippen LogP contribution in [0.4, 0.5) is 0 Å². The summed E-state index contributed by atoms with van der Waals surface area (Å²) in [6.45, 7) is 0.340. The molecule has 1 saturated carbocycles. The molecule has 0 amide bonds. The largest absolute Gasteiger partial charge is 0.485 e. The second-order valence-corrected chi connectivity index (χ2v) is 6.26. The van der Waals surface area contributed by atoms with Crippen molar-refractivity contribution in [1.29, 1.82) is 0 Å². The van der Waals surface area contributed by atoms with E-state index in [0.29, 0.717) is 24.4 Å². The number of hydrogen-bond acceptors (Lipinski definition) is 5. The van der Waals surface area contributed by atoms with Crippen molar-refractivity contribution in [3.8, 4) is 5.75 Å². The number of nitrogens with one attached hydrogen (secondary N) is 1. The van der Waals surface area contributed by atoms with E-state index >= 15 is 0 Å². The smallest absolute Gasteiger partial charge is 0.243 e. The van der Waals surface area contributed by atoms with Crippen LogP contribution in [0.2, 0.25) is 0 Å². The summed E-state index contributed by atoms with van der Waals surface area (Å²) >= 11 is 0. The molecule has 0 spiro atoms. The van der Waals surface area contributed by atoms with Gasteiger partial charge in [0.15, 0.2) is 6.61 Å². The highest BCUT2D eigenvalue weighted by molar-refractivity contribution is 5.85. The average molecular weight is 336 g/mol. The molecule has 2 fully saturated rings. The third kappa shape index (κ3) is 3.67. The van der Waals surface area contributed by atoms with E-state index in [1.807, 2.05) is 30.3 Å². The molecule has 0 bridgehead atoms. The number of halogens is 1. The zero-order chi connectivity index (χ0) is 14.8. The lowest BCUT2D eigenvalue weighted by atomic mass is 9.85. The third-order valence-corrected chi connectivity index (χ3v) is 4.76. The minimum absolute atomic E-state index is 0. The van der Waals surface area contributed by atoms with Crippen LogP contribution < -0.4 is 10.1 Å². The van der Waals surface area contributed by atoms with Crippen LogP contribution in [0.5, 0.6) is 5.75 Å². The van der Waals surface area contributed by atoms with Gasteiger partial charge >= 0.3 is 0 Å². The summed E-state index contributed by atoms with van der Waals surface area (Å²) in [4.78, 5) is 4.50. The van der Waals surface area contributed by atoms with Gasteiger partial charge in [-0.25, -0.2) is 0 Å². The average Bonchev–Trinajstić information content (AvgIpc) is 3.20. The minimum atomic E-state index is 0.